The Bertz CT molecular complexity index is 976. The topological polar surface area (TPSA) is 46.6 Å². The third-order valence-electron chi connectivity index (χ3n) is 4.74. The summed E-state index contributed by atoms with van der Waals surface area (Å²) in [6.07, 6.45) is 0.427. The predicted molar refractivity (Wildman–Crippen MR) is 119 cm³/mol. The Morgan fingerprint density at radius 1 is 1.03 bits per heavy atom. The van der Waals surface area contributed by atoms with E-state index in [0.29, 0.717) is 13.1 Å². The average Bonchev–Trinajstić information content (AvgIpc) is 3.34. The summed E-state index contributed by atoms with van der Waals surface area (Å²) in [4.78, 5) is 30.7. The van der Waals surface area contributed by atoms with Gasteiger partial charge in [-0.15, -0.1) is 22.7 Å². The van der Waals surface area contributed by atoms with Crippen molar-refractivity contribution in [3.05, 3.63) is 73.6 Å². The van der Waals surface area contributed by atoms with Gasteiger partial charge < -0.3 is 9.64 Å². The number of thiophene rings is 2. The first-order chi connectivity index (χ1) is 14.0. The molecule has 4 nitrogen and oxygen atoms in total. The van der Waals surface area contributed by atoms with Gasteiger partial charge in [-0.05, 0) is 37.4 Å². The minimum absolute atomic E-state index is 0.0257. The molecule has 0 fully saturated rings. The van der Waals surface area contributed by atoms with Gasteiger partial charge in [0, 0.05) is 45.1 Å². The van der Waals surface area contributed by atoms with E-state index in [-0.39, 0.29) is 24.5 Å². The summed E-state index contributed by atoms with van der Waals surface area (Å²) in [7, 11) is 1.63. The van der Waals surface area contributed by atoms with Crippen LogP contribution in [0, 0.1) is 13.8 Å². The number of hydrogen-bond acceptors (Lipinski definition) is 5. The Balaban J connectivity index is 1.71. The highest BCUT2D eigenvalue weighted by Gasteiger charge is 2.20. The fraction of sp³-hybridized carbons (Fsp3) is 0.304. The van der Waals surface area contributed by atoms with Gasteiger partial charge in [-0.3, -0.25) is 9.59 Å². The number of carbonyl (C=O) groups excluding carboxylic acids is 2. The molecule has 0 N–H and O–H groups in total. The van der Waals surface area contributed by atoms with Crippen LogP contribution < -0.4 is 4.74 Å². The summed E-state index contributed by atoms with van der Waals surface area (Å²) in [6.45, 7) is 4.93. The first-order valence-corrected chi connectivity index (χ1v) is 11.2. The monoisotopic (exact) mass is 427 g/mol. The number of amides is 1. The van der Waals surface area contributed by atoms with Crippen LogP contribution in [0.3, 0.4) is 0 Å². The lowest BCUT2D eigenvalue weighted by Crippen LogP contribution is -2.30. The molecule has 0 bridgehead atoms. The summed E-state index contributed by atoms with van der Waals surface area (Å²) < 4.78 is 5.44. The number of nitrogens with zero attached hydrogens (tertiary/aromatic N) is 1. The normalized spacial score (nSPS) is 10.7. The predicted octanol–water partition coefficient (Wildman–Crippen LogP) is 5.63. The van der Waals surface area contributed by atoms with Gasteiger partial charge in [0.1, 0.15) is 5.75 Å². The van der Waals surface area contributed by atoms with E-state index in [1.807, 2.05) is 66.6 Å². The second-order valence-electron chi connectivity index (χ2n) is 6.89. The molecule has 2 aromatic heterocycles. The minimum atomic E-state index is -0.0257. The zero-order valence-corrected chi connectivity index (χ0v) is 18.6. The van der Waals surface area contributed by atoms with Crippen LogP contribution in [0.15, 0.2) is 47.8 Å². The highest BCUT2D eigenvalue weighted by Crippen LogP contribution is 2.24. The Morgan fingerprint density at radius 2 is 1.83 bits per heavy atom. The number of carbonyl (C=O) groups is 2. The van der Waals surface area contributed by atoms with Crippen LogP contribution in [0.2, 0.25) is 0 Å². The summed E-state index contributed by atoms with van der Waals surface area (Å²) in [5.41, 5.74) is 1.70. The molecule has 1 amide bonds. The van der Waals surface area contributed by atoms with Crippen molar-refractivity contribution in [1.82, 2.24) is 4.90 Å². The van der Waals surface area contributed by atoms with E-state index in [4.69, 9.17) is 4.74 Å². The Hall–Kier alpha value is -2.44. The number of aryl methyl sites for hydroxylation is 2. The first-order valence-electron chi connectivity index (χ1n) is 9.50. The van der Waals surface area contributed by atoms with E-state index in [1.165, 1.54) is 0 Å². The van der Waals surface area contributed by atoms with Crippen LogP contribution in [0.25, 0.3) is 0 Å². The molecule has 6 heteroatoms. The molecule has 0 spiro atoms. The molecule has 0 saturated carbocycles. The van der Waals surface area contributed by atoms with Crippen LogP contribution in [-0.4, -0.2) is 23.7 Å². The molecule has 1 aromatic carbocycles. The van der Waals surface area contributed by atoms with E-state index >= 15 is 0 Å². The molecule has 0 aliphatic carbocycles. The third-order valence-corrected chi connectivity index (χ3v) is 6.57. The molecule has 0 aliphatic heterocycles. The third kappa shape index (κ3) is 5.55. The zero-order chi connectivity index (χ0) is 20.8. The molecular formula is C23H25NO3S2. The molecule has 0 aliphatic rings. The number of Topliss-reactive ketones (excluding diaryl/α,β-unsaturated/α-hetero) is 1. The van der Waals surface area contributed by atoms with Crippen molar-refractivity contribution in [1.29, 1.82) is 0 Å². The van der Waals surface area contributed by atoms with Gasteiger partial charge in [-0.25, -0.2) is 0 Å². The van der Waals surface area contributed by atoms with Crippen molar-refractivity contribution in [3.8, 4) is 5.75 Å². The fourth-order valence-electron chi connectivity index (χ4n) is 3.28. The van der Waals surface area contributed by atoms with Crippen LogP contribution in [0.1, 0.15) is 43.4 Å². The Labute approximate surface area is 179 Å². The van der Waals surface area contributed by atoms with Crippen molar-refractivity contribution in [3.63, 3.8) is 0 Å². The second kappa shape index (κ2) is 9.85. The van der Waals surface area contributed by atoms with Crippen molar-refractivity contribution in [2.24, 2.45) is 0 Å². The highest BCUT2D eigenvalue weighted by molar-refractivity contribution is 7.12. The molecule has 0 unspecified atom stereocenters. The van der Waals surface area contributed by atoms with Crippen LogP contribution >= 0.6 is 22.7 Å². The summed E-state index contributed by atoms with van der Waals surface area (Å²) in [5.74, 6) is 0.771. The number of ether oxygens (including phenoxy) is 1. The van der Waals surface area contributed by atoms with Crippen molar-refractivity contribution >= 4 is 34.4 Å². The molecule has 3 aromatic rings. The summed E-state index contributed by atoms with van der Waals surface area (Å²) in [5, 5.41) is 2.01. The quantitative estimate of drug-likeness (QED) is 0.416. The van der Waals surface area contributed by atoms with Gasteiger partial charge in [0.25, 0.3) is 0 Å². The highest BCUT2D eigenvalue weighted by atomic mass is 32.1. The number of rotatable bonds is 9. The molecule has 0 atom stereocenters. The number of hydrogen-bond donors (Lipinski definition) is 0. The maximum atomic E-state index is 13.0. The van der Waals surface area contributed by atoms with Crippen molar-refractivity contribution < 1.29 is 14.3 Å². The molecule has 2 heterocycles. The number of ketones is 1. The van der Waals surface area contributed by atoms with Gasteiger partial charge in [-0.1, -0.05) is 24.3 Å². The molecular weight excluding hydrogens is 402 g/mol. The lowest BCUT2D eigenvalue weighted by atomic mass is 10.1. The van der Waals surface area contributed by atoms with E-state index in [2.05, 4.69) is 0 Å². The van der Waals surface area contributed by atoms with Crippen molar-refractivity contribution in [2.45, 2.75) is 39.8 Å². The summed E-state index contributed by atoms with van der Waals surface area (Å²) in [6, 6.07) is 13.6. The summed E-state index contributed by atoms with van der Waals surface area (Å²) >= 11 is 3.24. The largest absolute Gasteiger partial charge is 0.496 e. The lowest BCUT2D eigenvalue weighted by molar-refractivity contribution is -0.132. The molecule has 3 rings (SSSR count). The van der Waals surface area contributed by atoms with Gasteiger partial charge >= 0.3 is 0 Å². The SMILES string of the molecule is COc1ccccc1CN(Cc1cccs1)C(=O)CCC(=O)c1cc(C)sc1C. The number of benzene rings is 1. The standard InChI is InChI=1S/C23H25NO3S2/c1-16-13-20(17(2)29-16)21(25)10-11-23(26)24(15-19-8-6-12-28-19)14-18-7-4-5-9-22(18)27-3/h4-9,12-13H,10-11,14-15H2,1-3H3. The van der Waals surface area contributed by atoms with Gasteiger partial charge in [0.2, 0.25) is 5.91 Å². The minimum Gasteiger partial charge on any atom is -0.496 e. The smallest absolute Gasteiger partial charge is 0.223 e. The second-order valence-corrected chi connectivity index (χ2v) is 9.38. The zero-order valence-electron chi connectivity index (χ0n) is 16.9. The van der Waals surface area contributed by atoms with E-state index in [0.717, 1.165) is 31.5 Å². The van der Waals surface area contributed by atoms with E-state index in [1.54, 1.807) is 29.8 Å². The molecule has 152 valence electrons. The van der Waals surface area contributed by atoms with Crippen LogP contribution in [0.5, 0.6) is 5.75 Å². The van der Waals surface area contributed by atoms with Crippen molar-refractivity contribution in [2.75, 3.05) is 7.11 Å². The maximum absolute atomic E-state index is 13.0. The molecule has 0 saturated heterocycles. The van der Waals surface area contributed by atoms with Crippen LogP contribution in [-0.2, 0) is 17.9 Å². The van der Waals surface area contributed by atoms with E-state index < -0.39 is 0 Å². The van der Waals surface area contributed by atoms with E-state index in [9.17, 15) is 9.59 Å². The number of para-hydroxylation sites is 1. The fourth-order valence-corrected chi connectivity index (χ4v) is 4.94. The van der Waals surface area contributed by atoms with Gasteiger partial charge in [-0.2, -0.15) is 0 Å². The van der Waals surface area contributed by atoms with Gasteiger partial charge in [0.05, 0.1) is 13.7 Å². The average molecular weight is 428 g/mol. The molecule has 29 heavy (non-hydrogen) atoms. The lowest BCUT2D eigenvalue weighted by Gasteiger charge is -2.23. The molecule has 0 radical (unpaired) electrons. The first kappa shape index (κ1) is 21.3. The number of methoxy groups -OCH3 is 1. The Morgan fingerprint density at radius 3 is 2.48 bits per heavy atom. The maximum Gasteiger partial charge on any atom is 0.223 e. The Kier molecular flexibility index (Phi) is 7.23. The van der Waals surface area contributed by atoms with Crippen LogP contribution in [0.4, 0.5) is 0 Å². The van der Waals surface area contributed by atoms with Gasteiger partial charge in [0.15, 0.2) is 5.78 Å².